The van der Waals surface area contributed by atoms with Crippen molar-refractivity contribution in [3.63, 3.8) is 0 Å². The first-order valence-electron chi connectivity index (χ1n) is 6.16. The van der Waals surface area contributed by atoms with Gasteiger partial charge >= 0.3 is 0 Å². The molecule has 98 valence electrons. The summed E-state index contributed by atoms with van der Waals surface area (Å²) in [4.78, 5) is 7.61. The van der Waals surface area contributed by atoms with E-state index in [-0.39, 0.29) is 0 Å². The second-order valence-corrected chi connectivity index (χ2v) is 5.17. The number of hydrogen-bond acceptors (Lipinski definition) is 3. The summed E-state index contributed by atoms with van der Waals surface area (Å²) >= 11 is 5.37. The lowest BCUT2D eigenvalue weighted by Gasteiger charge is -2.01. The Morgan fingerprint density at radius 2 is 2.11 bits per heavy atom. The van der Waals surface area contributed by atoms with E-state index in [9.17, 15) is 0 Å². The van der Waals surface area contributed by atoms with E-state index in [2.05, 4.69) is 29.0 Å². The zero-order chi connectivity index (χ0) is 13.6. The van der Waals surface area contributed by atoms with Crippen LogP contribution in [0, 0.1) is 25.5 Å². The maximum Gasteiger partial charge on any atom is 0.214 e. The van der Waals surface area contributed by atoms with Gasteiger partial charge in [0.1, 0.15) is 12.3 Å². The van der Waals surface area contributed by atoms with Crippen molar-refractivity contribution < 1.29 is 4.42 Å². The van der Waals surface area contributed by atoms with Gasteiger partial charge in [0.25, 0.3) is 0 Å². The number of nitrogens with zero attached hydrogens (tertiary/aromatic N) is 2. The largest absolute Gasteiger partial charge is 0.444 e. The Bertz CT molecular complexity index is 790. The van der Waals surface area contributed by atoms with E-state index in [1.54, 1.807) is 0 Å². The molecule has 1 N–H and O–H groups in total. The number of aromatic amines is 1. The molecule has 0 unspecified atom stereocenters. The molecule has 0 aliphatic carbocycles. The van der Waals surface area contributed by atoms with Crippen LogP contribution in [0.5, 0.6) is 0 Å². The van der Waals surface area contributed by atoms with E-state index in [1.165, 1.54) is 5.56 Å². The van der Waals surface area contributed by atoms with Gasteiger partial charge in [-0.25, -0.2) is 4.98 Å². The summed E-state index contributed by atoms with van der Waals surface area (Å²) in [7, 11) is 0. The first kappa shape index (κ1) is 12.2. The van der Waals surface area contributed by atoms with Gasteiger partial charge in [-0.1, -0.05) is 6.07 Å². The number of hydrogen-bond donors (Lipinski definition) is 1. The molecule has 0 aliphatic heterocycles. The van der Waals surface area contributed by atoms with Gasteiger partial charge in [0.15, 0.2) is 4.77 Å². The minimum atomic E-state index is 0.553. The number of oxazole rings is 1. The van der Waals surface area contributed by atoms with Crippen LogP contribution in [0.3, 0.4) is 0 Å². The highest BCUT2D eigenvalue weighted by molar-refractivity contribution is 7.71. The number of benzene rings is 1. The quantitative estimate of drug-likeness (QED) is 0.725. The van der Waals surface area contributed by atoms with Gasteiger partial charge in [0, 0.05) is 0 Å². The van der Waals surface area contributed by atoms with E-state index in [1.807, 2.05) is 24.5 Å². The van der Waals surface area contributed by atoms with Crippen molar-refractivity contribution in [2.45, 2.75) is 27.3 Å². The molecule has 1 aromatic carbocycles. The second kappa shape index (κ2) is 4.35. The van der Waals surface area contributed by atoms with E-state index < -0.39 is 0 Å². The minimum Gasteiger partial charge on any atom is -0.444 e. The van der Waals surface area contributed by atoms with Crippen LogP contribution < -0.4 is 0 Å². The van der Waals surface area contributed by atoms with E-state index in [4.69, 9.17) is 16.6 Å². The lowest BCUT2D eigenvalue weighted by molar-refractivity contribution is 0.458. The third-order valence-electron chi connectivity index (χ3n) is 3.30. The molecule has 0 amide bonds. The molecule has 0 spiro atoms. The SMILES string of the molecule is Cc1ccc2[nH]c(=S)n(Cc3nc(C)c(C)o3)c2c1. The Morgan fingerprint density at radius 3 is 2.79 bits per heavy atom. The van der Waals surface area contributed by atoms with Crippen molar-refractivity contribution >= 4 is 23.3 Å². The van der Waals surface area contributed by atoms with Crippen LogP contribution in [0.4, 0.5) is 0 Å². The van der Waals surface area contributed by atoms with Gasteiger partial charge in [0.2, 0.25) is 5.89 Å². The molecule has 5 heteroatoms. The molecule has 3 aromatic rings. The molecule has 0 fully saturated rings. The fraction of sp³-hybridized carbons (Fsp3) is 0.286. The predicted octanol–water partition coefficient (Wildman–Crippen LogP) is 3.66. The molecule has 2 aromatic heterocycles. The third kappa shape index (κ3) is 2.10. The number of rotatable bonds is 2. The predicted molar refractivity (Wildman–Crippen MR) is 76.9 cm³/mol. The van der Waals surface area contributed by atoms with Crippen molar-refractivity contribution in [2.24, 2.45) is 0 Å². The Hall–Kier alpha value is -1.88. The summed E-state index contributed by atoms with van der Waals surface area (Å²) in [5, 5.41) is 0. The summed E-state index contributed by atoms with van der Waals surface area (Å²) in [6.07, 6.45) is 0. The van der Waals surface area contributed by atoms with Crippen LogP contribution in [0.2, 0.25) is 0 Å². The first-order chi connectivity index (χ1) is 9.04. The molecule has 0 saturated carbocycles. The number of nitrogens with one attached hydrogen (secondary N) is 1. The molecular weight excluding hydrogens is 258 g/mol. The van der Waals surface area contributed by atoms with Crippen LogP contribution in [-0.4, -0.2) is 14.5 Å². The van der Waals surface area contributed by atoms with Crippen LogP contribution in [-0.2, 0) is 6.54 Å². The normalized spacial score (nSPS) is 11.3. The molecule has 2 heterocycles. The molecule has 0 bridgehead atoms. The van der Waals surface area contributed by atoms with Crippen molar-refractivity contribution in [3.8, 4) is 0 Å². The summed E-state index contributed by atoms with van der Waals surface area (Å²) < 4.78 is 8.33. The fourth-order valence-electron chi connectivity index (χ4n) is 2.16. The highest BCUT2D eigenvalue weighted by atomic mass is 32.1. The Morgan fingerprint density at radius 1 is 1.32 bits per heavy atom. The zero-order valence-electron chi connectivity index (χ0n) is 11.2. The van der Waals surface area contributed by atoms with Crippen molar-refractivity contribution in [3.05, 3.63) is 45.9 Å². The average molecular weight is 273 g/mol. The lowest BCUT2D eigenvalue weighted by Crippen LogP contribution is -2.00. The summed E-state index contributed by atoms with van der Waals surface area (Å²) in [5.41, 5.74) is 4.25. The summed E-state index contributed by atoms with van der Waals surface area (Å²) in [6.45, 7) is 6.49. The number of imidazole rings is 1. The van der Waals surface area contributed by atoms with E-state index in [0.29, 0.717) is 17.2 Å². The fourth-order valence-corrected chi connectivity index (χ4v) is 2.43. The van der Waals surface area contributed by atoms with Gasteiger partial charge in [-0.2, -0.15) is 0 Å². The smallest absolute Gasteiger partial charge is 0.214 e. The maximum absolute atomic E-state index is 5.63. The molecule has 0 saturated heterocycles. The minimum absolute atomic E-state index is 0.553. The van der Waals surface area contributed by atoms with Gasteiger partial charge in [-0.15, -0.1) is 0 Å². The monoisotopic (exact) mass is 273 g/mol. The molecule has 3 rings (SSSR count). The van der Waals surface area contributed by atoms with Gasteiger partial charge in [0.05, 0.1) is 16.7 Å². The third-order valence-corrected chi connectivity index (χ3v) is 3.62. The zero-order valence-corrected chi connectivity index (χ0v) is 12.0. The summed E-state index contributed by atoms with van der Waals surface area (Å²) in [6, 6.07) is 6.23. The molecule has 4 nitrogen and oxygen atoms in total. The molecule has 0 aliphatic rings. The number of aryl methyl sites for hydroxylation is 3. The Kier molecular flexibility index (Phi) is 2.78. The van der Waals surface area contributed by atoms with Crippen LogP contribution in [0.25, 0.3) is 11.0 Å². The number of fused-ring (bicyclic) bond motifs is 1. The lowest BCUT2D eigenvalue weighted by atomic mass is 10.2. The van der Waals surface area contributed by atoms with Crippen molar-refractivity contribution in [1.82, 2.24) is 14.5 Å². The van der Waals surface area contributed by atoms with Gasteiger partial charge in [-0.05, 0) is 50.7 Å². The average Bonchev–Trinajstić information content (AvgIpc) is 2.82. The van der Waals surface area contributed by atoms with Crippen molar-refractivity contribution in [1.29, 1.82) is 0 Å². The molecule has 19 heavy (non-hydrogen) atoms. The maximum atomic E-state index is 5.63. The second-order valence-electron chi connectivity index (χ2n) is 4.79. The highest BCUT2D eigenvalue weighted by Crippen LogP contribution is 2.18. The Balaban J connectivity index is 2.11. The van der Waals surface area contributed by atoms with E-state index >= 15 is 0 Å². The highest BCUT2D eigenvalue weighted by Gasteiger charge is 2.10. The Labute approximate surface area is 116 Å². The van der Waals surface area contributed by atoms with Crippen LogP contribution in [0.15, 0.2) is 22.6 Å². The van der Waals surface area contributed by atoms with Crippen LogP contribution >= 0.6 is 12.2 Å². The van der Waals surface area contributed by atoms with Crippen LogP contribution in [0.1, 0.15) is 22.9 Å². The number of H-pyrrole nitrogens is 1. The molecule has 0 radical (unpaired) electrons. The molecular formula is C14H15N3OS. The van der Waals surface area contributed by atoms with E-state index in [0.717, 1.165) is 22.5 Å². The molecule has 0 atom stereocenters. The van der Waals surface area contributed by atoms with Gasteiger partial charge in [-0.3, -0.25) is 0 Å². The standard InChI is InChI=1S/C14H15N3OS/c1-8-4-5-11-12(6-8)17(14(19)16-11)7-13-15-9(2)10(3)18-13/h4-6H,7H2,1-3H3,(H,16,19). The topological polar surface area (TPSA) is 46.8 Å². The number of aromatic nitrogens is 3. The first-order valence-corrected chi connectivity index (χ1v) is 6.57. The summed E-state index contributed by atoms with van der Waals surface area (Å²) in [5.74, 6) is 1.55. The van der Waals surface area contributed by atoms with Gasteiger partial charge < -0.3 is 14.0 Å². The van der Waals surface area contributed by atoms with Crippen molar-refractivity contribution in [2.75, 3.05) is 0 Å².